The van der Waals surface area contributed by atoms with Crippen LogP contribution in [0, 0.1) is 13.8 Å². The van der Waals surface area contributed by atoms with Crippen LogP contribution < -0.4 is 28.4 Å². The minimum absolute atomic E-state index is 0.256. The largest absolute Gasteiger partial charge is 0.494 e. The van der Waals surface area contributed by atoms with Gasteiger partial charge in [-0.25, -0.2) is 28.8 Å². The second-order valence-electron chi connectivity index (χ2n) is 16.9. The van der Waals surface area contributed by atoms with Gasteiger partial charge in [-0.15, -0.1) is 0 Å². The first-order chi connectivity index (χ1) is 35.9. The fourth-order valence-corrected chi connectivity index (χ4v) is 7.32. The SMILES string of the molecule is C=CC(=O)OCCCCCCOc1ccc(C(=O)Oc2ccc(C(=O)Oc3ccc(-c4ccc(OC(=O)c5ccc(OC(=O)c6ccc(OCCCCCCOC(=O)C=C)cc6)cc5)cc4C)c(C)c3)cc2)cc1. The molecule has 74 heavy (non-hydrogen) atoms. The first-order valence-corrected chi connectivity index (χ1v) is 24.2. The van der Waals surface area contributed by atoms with Crippen molar-refractivity contribution in [3.63, 3.8) is 0 Å². The second-order valence-corrected chi connectivity index (χ2v) is 16.9. The maximum atomic E-state index is 13.1. The van der Waals surface area contributed by atoms with Gasteiger partial charge in [-0.1, -0.05) is 25.3 Å². The highest BCUT2D eigenvalue weighted by molar-refractivity contribution is 5.94. The minimum atomic E-state index is -0.589. The van der Waals surface area contributed by atoms with Gasteiger partial charge in [0.2, 0.25) is 0 Å². The Morgan fingerprint density at radius 3 is 0.919 bits per heavy atom. The van der Waals surface area contributed by atoms with E-state index in [1.165, 1.54) is 48.5 Å². The van der Waals surface area contributed by atoms with E-state index in [1.807, 2.05) is 26.0 Å². The van der Waals surface area contributed by atoms with Crippen molar-refractivity contribution in [1.82, 2.24) is 0 Å². The zero-order chi connectivity index (χ0) is 52.7. The predicted molar refractivity (Wildman–Crippen MR) is 277 cm³/mol. The maximum Gasteiger partial charge on any atom is 0.343 e. The summed E-state index contributed by atoms with van der Waals surface area (Å²) in [6.45, 7) is 12.3. The summed E-state index contributed by atoms with van der Waals surface area (Å²) in [7, 11) is 0. The molecule has 0 aliphatic heterocycles. The molecule has 0 saturated carbocycles. The van der Waals surface area contributed by atoms with Crippen LogP contribution in [0.25, 0.3) is 11.1 Å². The summed E-state index contributed by atoms with van der Waals surface area (Å²) in [6.07, 6.45) is 9.17. The monoisotopic (exact) mass is 1000 g/mol. The average Bonchev–Trinajstić information content (AvgIpc) is 3.41. The van der Waals surface area contributed by atoms with Crippen molar-refractivity contribution in [2.24, 2.45) is 0 Å². The van der Waals surface area contributed by atoms with Gasteiger partial charge in [-0.2, -0.15) is 0 Å². The first-order valence-electron chi connectivity index (χ1n) is 24.2. The number of ether oxygens (including phenoxy) is 8. The molecular formula is C60H58O14. The molecule has 0 heterocycles. The summed E-state index contributed by atoms with van der Waals surface area (Å²) in [4.78, 5) is 74.0. The molecule has 0 atom stereocenters. The van der Waals surface area contributed by atoms with E-state index in [2.05, 4.69) is 13.2 Å². The van der Waals surface area contributed by atoms with Crippen LogP contribution in [0.3, 0.4) is 0 Å². The lowest BCUT2D eigenvalue weighted by atomic mass is 9.96. The van der Waals surface area contributed by atoms with Gasteiger partial charge in [0, 0.05) is 12.2 Å². The van der Waals surface area contributed by atoms with Crippen molar-refractivity contribution in [3.05, 3.63) is 192 Å². The van der Waals surface area contributed by atoms with Crippen LogP contribution in [0.1, 0.15) is 104 Å². The van der Waals surface area contributed by atoms with Crippen LogP contribution in [-0.4, -0.2) is 62.2 Å². The molecule has 0 N–H and O–H groups in total. The van der Waals surface area contributed by atoms with Crippen molar-refractivity contribution >= 4 is 35.8 Å². The van der Waals surface area contributed by atoms with E-state index in [9.17, 15) is 28.8 Å². The molecule has 0 radical (unpaired) electrons. The number of carbonyl (C=O) groups is 6. The molecule has 0 fully saturated rings. The van der Waals surface area contributed by atoms with Gasteiger partial charge in [-0.3, -0.25) is 0 Å². The molecule has 14 nitrogen and oxygen atoms in total. The summed E-state index contributed by atoms with van der Waals surface area (Å²) in [5.41, 5.74) is 4.66. The van der Waals surface area contributed by atoms with Crippen molar-refractivity contribution in [3.8, 4) is 45.6 Å². The lowest BCUT2D eigenvalue weighted by Gasteiger charge is -2.13. The normalized spacial score (nSPS) is 10.6. The summed E-state index contributed by atoms with van der Waals surface area (Å²) >= 11 is 0. The number of aryl methyl sites for hydroxylation is 2. The van der Waals surface area contributed by atoms with Gasteiger partial charge in [-0.05, 0) is 209 Å². The third-order valence-corrected chi connectivity index (χ3v) is 11.3. The molecule has 0 aliphatic rings. The molecule has 382 valence electrons. The van der Waals surface area contributed by atoms with Gasteiger partial charge < -0.3 is 37.9 Å². The van der Waals surface area contributed by atoms with E-state index in [0.717, 1.165) is 85.8 Å². The van der Waals surface area contributed by atoms with Crippen LogP contribution in [0.5, 0.6) is 34.5 Å². The molecule has 0 unspecified atom stereocenters. The summed E-state index contributed by atoms with van der Waals surface area (Å²) < 4.78 is 43.9. The topological polar surface area (TPSA) is 176 Å². The smallest absolute Gasteiger partial charge is 0.343 e. The molecule has 6 aromatic rings. The highest BCUT2D eigenvalue weighted by Gasteiger charge is 2.16. The Balaban J connectivity index is 0.908. The Hall–Kier alpha value is -8.78. The van der Waals surface area contributed by atoms with Crippen molar-refractivity contribution in [2.75, 3.05) is 26.4 Å². The van der Waals surface area contributed by atoms with Gasteiger partial charge in [0.1, 0.15) is 34.5 Å². The number of unbranched alkanes of at least 4 members (excludes halogenated alkanes) is 6. The van der Waals surface area contributed by atoms with Crippen LogP contribution in [-0.2, 0) is 19.1 Å². The van der Waals surface area contributed by atoms with Crippen LogP contribution in [0.15, 0.2) is 159 Å². The van der Waals surface area contributed by atoms with Gasteiger partial charge in [0.15, 0.2) is 0 Å². The Labute approximate surface area is 430 Å². The fourth-order valence-electron chi connectivity index (χ4n) is 7.32. The number of hydrogen-bond acceptors (Lipinski definition) is 14. The molecular weight excluding hydrogens is 945 g/mol. The van der Waals surface area contributed by atoms with Gasteiger partial charge >= 0.3 is 35.8 Å². The Bertz CT molecular complexity index is 2690. The molecule has 0 aromatic heterocycles. The fraction of sp³-hybridized carbons (Fsp3) is 0.233. The third kappa shape index (κ3) is 17.2. The van der Waals surface area contributed by atoms with Crippen molar-refractivity contribution < 1.29 is 66.7 Å². The molecule has 0 spiro atoms. The number of rotatable bonds is 27. The third-order valence-electron chi connectivity index (χ3n) is 11.3. The number of carbonyl (C=O) groups excluding carboxylic acids is 6. The molecule has 0 saturated heterocycles. The Kier molecular flexibility index (Phi) is 20.9. The van der Waals surface area contributed by atoms with E-state index in [1.54, 1.807) is 72.8 Å². The zero-order valence-electron chi connectivity index (χ0n) is 41.5. The van der Waals surface area contributed by atoms with Crippen LogP contribution in [0.4, 0.5) is 0 Å². The number of benzene rings is 6. The summed E-state index contributed by atoms with van der Waals surface area (Å²) in [5, 5.41) is 0. The van der Waals surface area contributed by atoms with E-state index < -0.39 is 35.8 Å². The number of esters is 6. The van der Waals surface area contributed by atoms with E-state index in [4.69, 9.17) is 37.9 Å². The van der Waals surface area contributed by atoms with Crippen molar-refractivity contribution in [1.29, 1.82) is 0 Å². The van der Waals surface area contributed by atoms with E-state index in [0.29, 0.717) is 60.6 Å². The maximum absolute atomic E-state index is 13.1. The summed E-state index contributed by atoms with van der Waals surface area (Å²) in [6, 6.07) is 36.0. The standard InChI is InChI=1S/C60H58O14/c1-5-55(61)69-37-13-9-7-11-35-67-47-23-15-43(16-24-47)57(63)71-49-27-19-45(20-28-49)59(65)73-51-31-33-53(41(3)39-51)54-34-32-52(40-42(54)4)74-60(66)46-21-29-50(30-22-46)72-58(64)44-17-25-48(26-18-44)68-36-12-8-10-14-38-70-56(62)6-2/h5-6,15-34,39-40H,1-2,7-14,35-38H2,3-4H3. The highest BCUT2D eigenvalue weighted by atomic mass is 16.6. The second kappa shape index (κ2) is 28.3. The van der Waals surface area contributed by atoms with E-state index >= 15 is 0 Å². The van der Waals surface area contributed by atoms with Gasteiger partial charge in [0.25, 0.3) is 0 Å². The van der Waals surface area contributed by atoms with E-state index in [-0.39, 0.29) is 22.6 Å². The average molecular weight is 1000 g/mol. The lowest BCUT2D eigenvalue weighted by molar-refractivity contribution is -0.138. The Morgan fingerprint density at radius 2 is 0.622 bits per heavy atom. The van der Waals surface area contributed by atoms with Crippen LogP contribution in [0.2, 0.25) is 0 Å². The number of hydrogen-bond donors (Lipinski definition) is 0. The molecule has 6 rings (SSSR count). The Morgan fingerprint density at radius 1 is 0.351 bits per heavy atom. The zero-order valence-corrected chi connectivity index (χ0v) is 41.5. The van der Waals surface area contributed by atoms with Crippen molar-refractivity contribution in [2.45, 2.75) is 65.2 Å². The highest BCUT2D eigenvalue weighted by Crippen LogP contribution is 2.32. The first kappa shape index (κ1) is 54.6. The quantitative estimate of drug-likeness (QED) is 0.0206. The predicted octanol–water partition coefficient (Wildman–Crippen LogP) is 12.2. The molecule has 0 bridgehead atoms. The van der Waals surface area contributed by atoms with Gasteiger partial charge in [0.05, 0.1) is 48.7 Å². The molecule has 6 aromatic carbocycles. The lowest BCUT2D eigenvalue weighted by Crippen LogP contribution is -2.10. The minimum Gasteiger partial charge on any atom is -0.494 e. The molecule has 14 heteroatoms. The summed E-state index contributed by atoms with van der Waals surface area (Å²) in [5.74, 6) is -0.697. The molecule has 0 amide bonds. The van der Waals surface area contributed by atoms with Crippen LogP contribution >= 0.6 is 0 Å². The molecule has 0 aliphatic carbocycles.